The van der Waals surface area contributed by atoms with Crippen molar-refractivity contribution in [1.82, 2.24) is 15.1 Å². The minimum Gasteiger partial charge on any atom is -0.356 e. The third-order valence-electron chi connectivity index (χ3n) is 6.42. The number of primary amides is 1. The van der Waals surface area contributed by atoms with Gasteiger partial charge in [0, 0.05) is 13.1 Å². The summed E-state index contributed by atoms with van der Waals surface area (Å²) >= 11 is 0. The molecule has 179 valence electrons. The summed E-state index contributed by atoms with van der Waals surface area (Å²) in [4.78, 5) is 40.1. The Labute approximate surface area is 198 Å². The second-order valence-electron chi connectivity index (χ2n) is 8.62. The third kappa shape index (κ3) is 4.83. The van der Waals surface area contributed by atoms with Gasteiger partial charge in [-0.2, -0.15) is 0 Å². The predicted octanol–water partition coefficient (Wildman–Crippen LogP) is 2.07. The van der Waals surface area contributed by atoms with Crippen LogP contribution in [-0.2, 0) is 21.2 Å². The van der Waals surface area contributed by atoms with Gasteiger partial charge in [-0.3, -0.25) is 14.5 Å². The molecule has 2 fully saturated rings. The SMILES string of the molecule is NC(=O)S(=O)(=O)c1ccc(CN2C(=O)NC3(CCN(CC[CH]c4ccccc4)CC3)C2=O)cc1. The number of nitrogens with one attached hydrogen (secondary N) is 1. The summed E-state index contributed by atoms with van der Waals surface area (Å²) in [5.41, 5.74) is 5.77. The monoisotopic (exact) mass is 483 g/mol. The van der Waals surface area contributed by atoms with Crippen LogP contribution in [0.1, 0.15) is 30.4 Å². The fraction of sp³-hybridized carbons (Fsp3) is 0.333. The molecule has 2 aliphatic rings. The fourth-order valence-electron chi connectivity index (χ4n) is 4.39. The lowest BCUT2D eigenvalue weighted by atomic mass is 9.87. The van der Waals surface area contributed by atoms with Crippen LogP contribution in [0.5, 0.6) is 0 Å². The van der Waals surface area contributed by atoms with Crippen molar-refractivity contribution in [2.45, 2.75) is 36.2 Å². The van der Waals surface area contributed by atoms with Crippen molar-refractivity contribution in [3.05, 3.63) is 72.1 Å². The summed E-state index contributed by atoms with van der Waals surface area (Å²) in [6, 6.07) is 15.1. The molecule has 1 spiro atoms. The second kappa shape index (κ2) is 9.55. The van der Waals surface area contributed by atoms with Crippen LogP contribution in [-0.4, -0.2) is 60.6 Å². The maximum Gasteiger partial charge on any atom is 0.338 e. The predicted molar refractivity (Wildman–Crippen MR) is 125 cm³/mol. The van der Waals surface area contributed by atoms with Crippen LogP contribution >= 0.6 is 0 Å². The Hall–Kier alpha value is -3.24. The summed E-state index contributed by atoms with van der Waals surface area (Å²) < 4.78 is 23.7. The molecule has 2 aromatic rings. The van der Waals surface area contributed by atoms with Crippen LogP contribution in [0.15, 0.2) is 59.5 Å². The number of sulfone groups is 1. The van der Waals surface area contributed by atoms with Crippen LogP contribution in [0.4, 0.5) is 9.59 Å². The molecule has 4 amide bonds. The molecule has 4 rings (SSSR count). The van der Waals surface area contributed by atoms with Crippen molar-refractivity contribution < 1.29 is 22.8 Å². The number of hydrogen-bond donors (Lipinski definition) is 2. The molecule has 3 N–H and O–H groups in total. The fourth-order valence-corrected chi connectivity index (χ4v) is 5.12. The first-order valence-electron chi connectivity index (χ1n) is 11.1. The smallest absolute Gasteiger partial charge is 0.338 e. The minimum absolute atomic E-state index is 0.0130. The molecule has 0 saturated carbocycles. The van der Waals surface area contributed by atoms with Crippen molar-refractivity contribution in [1.29, 1.82) is 0 Å². The number of nitrogens with zero attached hydrogens (tertiary/aromatic N) is 2. The number of urea groups is 1. The number of imide groups is 1. The van der Waals surface area contributed by atoms with Crippen LogP contribution in [0.2, 0.25) is 0 Å². The molecule has 0 aromatic heterocycles. The summed E-state index contributed by atoms with van der Waals surface area (Å²) in [5, 5.41) is 1.46. The first-order valence-corrected chi connectivity index (χ1v) is 12.6. The molecular formula is C24H27N4O5S. The Morgan fingerprint density at radius 3 is 2.29 bits per heavy atom. The summed E-state index contributed by atoms with van der Waals surface area (Å²) in [7, 11) is -4.22. The van der Waals surface area contributed by atoms with E-state index in [0.717, 1.165) is 17.9 Å². The highest BCUT2D eigenvalue weighted by Crippen LogP contribution is 2.30. The third-order valence-corrected chi connectivity index (χ3v) is 7.84. The zero-order chi connectivity index (χ0) is 24.3. The van der Waals surface area contributed by atoms with Crippen LogP contribution < -0.4 is 11.1 Å². The Morgan fingerprint density at radius 1 is 1.03 bits per heavy atom. The Morgan fingerprint density at radius 2 is 1.68 bits per heavy atom. The minimum atomic E-state index is -4.22. The van der Waals surface area contributed by atoms with Gasteiger partial charge in [-0.05, 0) is 55.5 Å². The number of likely N-dealkylation sites (tertiary alicyclic amines) is 1. The maximum atomic E-state index is 13.2. The van der Waals surface area contributed by atoms with Crippen molar-refractivity contribution in [2.24, 2.45) is 5.73 Å². The van der Waals surface area contributed by atoms with Gasteiger partial charge in [0.05, 0.1) is 11.4 Å². The van der Waals surface area contributed by atoms with E-state index in [4.69, 9.17) is 5.73 Å². The number of rotatable bonds is 7. The average Bonchev–Trinajstić information content (AvgIpc) is 3.05. The first kappa shape index (κ1) is 23.9. The lowest BCUT2D eigenvalue weighted by Gasteiger charge is -2.37. The van der Waals surface area contributed by atoms with E-state index in [1.165, 1.54) is 29.8 Å². The second-order valence-corrected chi connectivity index (χ2v) is 10.5. The molecule has 2 heterocycles. The molecule has 0 atom stereocenters. The van der Waals surface area contributed by atoms with Crippen LogP contribution in [0.3, 0.4) is 0 Å². The topological polar surface area (TPSA) is 130 Å². The number of hydrogen-bond acceptors (Lipinski definition) is 6. The van der Waals surface area contributed by atoms with Gasteiger partial charge >= 0.3 is 11.3 Å². The molecule has 2 saturated heterocycles. The number of carbonyl (C=O) groups is 3. The Balaban J connectivity index is 1.32. The summed E-state index contributed by atoms with van der Waals surface area (Å²) in [6.07, 6.45) is 4.17. The van der Waals surface area contributed by atoms with Crippen molar-refractivity contribution in [3.8, 4) is 0 Å². The Bertz CT molecular complexity index is 1170. The van der Waals surface area contributed by atoms with Gasteiger partial charge < -0.3 is 16.0 Å². The van der Waals surface area contributed by atoms with Crippen LogP contribution in [0, 0.1) is 6.42 Å². The number of carbonyl (C=O) groups excluding carboxylic acids is 3. The largest absolute Gasteiger partial charge is 0.356 e. The number of nitrogens with two attached hydrogens (primary N) is 1. The van der Waals surface area contributed by atoms with Gasteiger partial charge in [-0.25, -0.2) is 13.2 Å². The van der Waals surface area contributed by atoms with Crippen molar-refractivity contribution >= 4 is 27.0 Å². The quantitative estimate of drug-likeness (QED) is 0.580. The number of piperidine rings is 1. The molecule has 0 bridgehead atoms. The van der Waals surface area contributed by atoms with E-state index in [1.54, 1.807) is 0 Å². The average molecular weight is 484 g/mol. The molecule has 1 radical (unpaired) electrons. The van der Waals surface area contributed by atoms with Crippen LogP contribution in [0.25, 0.3) is 0 Å². The van der Waals surface area contributed by atoms with E-state index < -0.39 is 26.6 Å². The maximum absolute atomic E-state index is 13.2. The van der Waals surface area contributed by atoms with Crippen molar-refractivity contribution in [3.63, 3.8) is 0 Å². The van der Waals surface area contributed by atoms with E-state index in [-0.39, 0.29) is 17.3 Å². The van der Waals surface area contributed by atoms with Gasteiger partial charge in [-0.15, -0.1) is 0 Å². The molecule has 2 aromatic carbocycles. The number of benzene rings is 2. The van der Waals surface area contributed by atoms with Gasteiger partial charge in [0.15, 0.2) is 0 Å². The van der Waals surface area contributed by atoms with E-state index in [0.29, 0.717) is 31.5 Å². The van der Waals surface area contributed by atoms with Gasteiger partial charge in [0.25, 0.3) is 15.7 Å². The molecule has 0 aliphatic carbocycles. The Kier molecular flexibility index (Phi) is 6.72. The van der Waals surface area contributed by atoms with E-state index in [9.17, 15) is 22.8 Å². The van der Waals surface area contributed by atoms with E-state index in [1.807, 2.05) is 18.2 Å². The highest BCUT2D eigenvalue weighted by atomic mass is 32.2. The molecule has 10 heteroatoms. The van der Waals surface area contributed by atoms with Gasteiger partial charge in [0.1, 0.15) is 5.54 Å². The zero-order valence-electron chi connectivity index (χ0n) is 18.6. The molecule has 2 aliphatic heterocycles. The first-order chi connectivity index (χ1) is 16.2. The van der Waals surface area contributed by atoms with Gasteiger partial charge in [-0.1, -0.05) is 42.5 Å². The molecule has 9 nitrogen and oxygen atoms in total. The lowest BCUT2D eigenvalue weighted by Crippen LogP contribution is -2.55. The van der Waals surface area contributed by atoms with Gasteiger partial charge in [0.2, 0.25) is 0 Å². The normalized spacial score (nSPS) is 18.3. The molecule has 0 unspecified atom stereocenters. The molecular weight excluding hydrogens is 456 g/mol. The lowest BCUT2D eigenvalue weighted by molar-refractivity contribution is -0.133. The van der Waals surface area contributed by atoms with Crippen molar-refractivity contribution in [2.75, 3.05) is 19.6 Å². The standard InChI is InChI=1S/C24H27N4O5S/c25-22(30)34(32,33)20-10-8-19(9-11-20)17-28-21(29)24(26-23(28)31)12-15-27(16-13-24)14-4-7-18-5-2-1-3-6-18/h1-3,5-11H,4,12-17H2,(H2,25,30)(H,26,31). The van der Waals surface area contributed by atoms with E-state index in [2.05, 4.69) is 28.8 Å². The highest BCUT2D eigenvalue weighted by molar-refractivity contribution is 8.06. The summed E-state index contributed by atoms with van der Waals surface area (Å²) in [5.74, 6) is -0.262. The zero-order valence-corrected chi connectivity index (χ0v) is 19.5. The highest BCUT2D eigenvalue weighted by Gasteiger charge is 2.52. The molecule has 34 heavy (non-hydrogen) atoms. The van der Waals surface area contributed by atoms with E-state index >= 15 is 0 Å². The summed E-state index contributed by atoms with van der Waals surface area (Å²) in [6.45, 7) is 2.32. The number of amides is 4.